The molecule has 0 amide bonds. The van der Waals surface area contributed by atoms with Crippen molar-refractivity contribution in [2.24, 2.45) is 0 Å². The highest BCUT2D eigenvalue weighted by molar-refractivity contribution is 14.1. The van der Waals surface area contributed by atoms with E-state index < -0.39 is 6.67 Å². The minimum absolute atomic E-state index is 0.309. The van der Waals surface area contributed by atoms with E-state index in [1.807, 2.05) is 45.2 Å². The Bertz CT molecular complexity index is 250. The third-order valence-electron chi connectivity index (χ3n) is 1.24. The molecule has 0 bridgehead atoms. The molecule has 0 unspecified atom stereocenters. The van der Waals surface area contributed by atoms with E-state index in [0.717, 1.165) is 0 Å². The number of benzene rings is 1. The molecule has 1 aromatic rings. The lowest BCUT2D eigenvalue weighted by atomic mass is 10.2. The molecule has 60 valence electrons. The van der Waals surface area contributed by atoms with Crippen LogP contribution in [0.5, 0.6) is 0 Å². The molecule has 0 fully saturated rings. The van der Waals surface area contributed by atoms with Crippen molar-refractivity contribution in [1.29, 1.82) is 0 Å². The van der Waals surface area contributed by atoms with Gasteiger partial charge in [0.25, 0.3) is 0 Å². The highest BCUT2D eigenvalue weighted by Gasteiger charge is 2.05. The van der Waals surface area contributed by atoms with Gasteiger partial charge in [0.2, 0.25) is 0 Å². The van der Waals surface area contributed by atoms with Gasteiger partial charge >= 0.3 is 0 Å². The van der Waals surface area contributed by atoms with E-state index in [4.69, 9.17) is 0 Å². The van der Waals surface area contributed by atoms with Crippen LogP contribution in [0.15, 0.2) is 12.1 Å². The maximum Gasteiger partial charge on any atom is 0.125 e. The molecule has 1 rings (SSSR count). The first-order valence-corrected chi connectivity index (χ1v) is 5.00. The maximum absolute atomic E-state index is 12.6. The zero-order valence-electron chi connectivity index (χ0n) is 5.37. The third kappa shape index (κ3) is 2.24. The van der Waals surface area contributed by atoms with E-state index in [1.54, 1.807) is 0 Å². The summed E-state index contributed by atoms with van der Waals surface area (Å²) in [4.78, 5) is 0. The average Bonchev–Trinajstić information content (AvgIpc) is 1.85. The van der Waals surface area contributed by atoms with Crippen LogP contribution in [0.2, 0.25) is 0 Å². The molecule has 1 aromatic carbocycles. The van der Waals surface area contributed by atoms with Gasteiger partial charge in [-0.05, 0) is 57.3 Å². The van der Waals surface area contributed by atoms with E-state index in [0.29, 0.717) is 12.7 Å². The van der Waals surface area contributed by atoms with Crippen LogP contribution in [0.4, 0.5) is 8.78 Å². The van der Waals surface area contributed by atoms with E-state index >= 15 is 0 Å². The molecule has 0 spiro atoms. The Hall–Kier alpha value is 0.540. The normalized spacial score (nSPS) is 10.2. The quantitative estimate of drug-likeness (QED) is 0.655. The van der Waals surface area contributed by atoms with Gasteiger partial charge in [0.05, 0.1) is 0 Å². The Morgan fingerprint density at radius 2 is 1.64 bits per heavy atom. The van der Waals surface area contributed by atoms with E-state index in [2.05, 4.69) is 0 Å². The molecule has 11 heavy (non-hydrogen) atoms. The van der Waals surface area contributed by atoms with Crippen LogP contribution in [0.1, 0.15) is 5.56 Å². The number of hydrogen-bond donors (Lipinski definition) is 0. The van der Waals surface area contributed by atoms with Gasteiger partial charge in [-0.1, -0.05) is 0 Å². The summed E-state index contributed by atoms with van der Waals surface area (Å²) in [5.41, 5.74) is 0.576. The van der Waals surface area contributed by atoms with Crippen LogP contribution in [0, 0.1) is 13.0 Å². The van der Waals surface area contributed by atoms with E-state index in [-0.39, 0.29) is 5.82 Å². The molecule has 0 aliphatic heterocycles. The molecule has 0 saturated carbocycles. The molecule has 0 nitrogen and oxygen atoms in total. The fourth-order valence-electron chi connectivity index (χ4n) is 0.700. The summed E-state index contributed by atoms with van der Waals surface area (Å²) in [6, 6.07) is 2.66. The van der Waals surface area contributed by atoms with Crippen LogP contribution >= 0.6 is 45.2 Å². The molecule has 0 N–H and O–H groups in total. The summed E-state index contributed by atoms with van der Waals surface area (Å²) >= 11 is 3.85. The lowest BCUT2D eigenvalue weighted by Crippen LogP contribution is -1.91. The van der Waals surface area contributed by atoms with E-state index in [1.165, 1.54) is 12.1 Å². The standard InChI is InChI=1S/C7H4F2I2/c8-3-5-6(10)1-4(9)2-7(5)11/h1-2H,3H2. The van der Waals surface area contributed by atoms with Crippen molar-refractivity contribution in [2.75, 3.05) is 0 Å². The molecule has 4 heteroatoms. The minimum Gasteiger partial charge on any atom is -0.246 e. The van der Waals surface area contributed by atoms with Crippen LogP contribution < -0.4 is 0 Å². The molecule has 0 heterocycles. The summed E-state index contributed by atoms with van der Waals surface area (Å²) in [7, 11) is 0. The number of rotatable bonds is 1. The highest BCUT2D eigenvalue weighted by Crippen LogP contribution is 2.21. The predicted molar refractivity (Wildman–Crippen MR) is 56.6 cm³/mol. The molecule has 0 aliphatic carbocycles. The summed E-state index contributed by atoms with van der Waals surface area (Å²) < 4.78 is 26.2. The molecular formula is C7H4F2I2. The molecule has 0 saturated heterocycles. The number of halogens is 4. The van der Waals surface area contributed by atoms with Crippen molar-refractivity contribution < 1.29 is 8.78 Å². The zero-order chi connectivity index (χ0) is 8.43. The highest BCUT2D eigenvalue weighted by atomic mass is 127. The van der Waals surface area contributed by atoms with Crippen molar-refractivity contribution in [3.05, 3.63) is 30.7 Å². The van der Waals surface area contributed by atoms with E-state index in [9.17, 15) is 8.78 Å². The molecular weight excluding hydrogens is 376 g/mol. The van der Waals surface area contributed by atoms with Gasteiger partial charge in [-0.3, -0.25) is 0 Å². The van der Waals surface area contributed by atoms with Gasteiger partial charge in [-0.25, -0.2) is 8.78 Å². The second-order valence-electron chi connectivity index (χ2n) is 1.98. The predicted octanol–water partition coefficient (Wildman–Crippen LogP) is 3.50. The first-order chi connectivity index (χ1) is 5.15. The Morgan fingerprint density at radius 3 is 2.00 bits per heavy atom. The maximum atomic E-state index is 12.6. The van der Waals surface area contributed by atoms with Gasteiger partial charge in [-0.2, -0.15) is 0 Å². The Labute approximate surface area is 90.7 Å². The van der Waals surface area contributed by atoms with Crippen molar-refractivity contribution in [3.63, 3.8) is 0 Å². The minimum atomic E-state index is -0.531. The van der Waals surface area contributed by atoms with Crippen LogP contribution in [0.25, 0.3) is 0 Å². The summed E-state index contributed by atoms with van der Waals surface area (Å²) in [5, 5.41) is 0. The van der Waals surface area contributed by atoms with Gasteiger partial charge in [-0.15, -0.1) is 0 Å². The Kier molecular flexibility index (Phi) is 3.48. The third-order valence-corrected chi connectivity index (χ3v) is 3.16. The van der Waals surface area contributed by atoms with Crippen molar-refractivity contribution in [1.82, 2.24) is 0 Å². The molecule has 0 aliphatic rings. The molecule has 0 aromatic heterocycles. The summed E-state index contributed by atoms with van der Waals surface area (Å²) in [5.74, 6) is -0.309. The summed E-state index contributed by atoms with van der Waals surface area (Å²) in [6.45, 7) is -0.531. The van der Waals surface area contributed by atoms with Crippen LogP contribution in [0.3, 0.4) is 0 Å². The number of alkyl halides is 1. The van der Waals surface area contributed by atoms with Gasteiger partial charge in [0, 0.05) is 12.7 Å². The van der Waals surface area contributed by atoms with Gasteiger partial charge < -0.3 is 0 Å². The average molecular weight is 380 g/mol. The van der Waals surface area contributed by atoms with Crippen LogP contribution in [-0.4, -0.2) is 0 Å². The largest absolute Gasteiger partial charge is 0.246 e. The SMILES string of the molecule is FCc1c(I)cc(F)cc1I. The second kappa shape index (κ2) is 3.97. The monoisotopic (exact) mass is 380 g/mol. The van der Waals surface area contributed by atoms with Crippen LogP contribution in [-0.2, 0) is 6.67 Å². The fraction of sp³-hybridized carbons (Fsp3) is 0.143. The van der Waals surface area contributed by atoms with Crippen molar-refractivity contribution in [3.8, 4) is 0 Å². The lowest BCUT2D eigenvalue weighted by molar-refractivity contribution is 0.481. The first-order valence-electron chi connectivity index (χ1n) is 2.84. The Balaban J connectivity index is 3.25. The van der Waals surface area contributed by atoms with Gasteiger partial charge in [0.15, 0.2) is 0 Å². The number of hydrogen-bond acceptors (Lipinski definition) is 0. The lowest BCUT2D eigenvalue weighted by Gasteiger charge is -2.02. The second-order valence-corrected chi connectivity index (χ2v) is 4.31. The first kappa shape index (κ1) is 9.63. The smallest absolute Gasteiger partial charge is 0.125 e. The molecule has 0 radical (unpaired) electrons. The van der Waals surface area contributed by atoms with Crippen molar-refractivity contribution in [2.45, 2.75) is 6.67 Å². The van der Waals surface area contributed by atoms with Crippen molar-refractivity contribution >= 4 is 45.2 Å². The Morgan fingerprint density at radius 1 is 1.18 bits per heavy atom. The molecule has 0 atom stereocenters. The fourth-order valence-corrected chi connectivity index (χ4v) is 2.68. The van der Waals surface area contributed by atoms with Gasteiger partial charge in [0.1, 0.15) is 12.5 Å². The topological polar surface area (TPSA) is 0 Å². The zero-order valence-corrected chi connectivity index (χ0v) is 9.69. The summed E-state index contributed by atoms with van der Waals surface area (Å²) in [6.07, 6.45) is 0.